The number of carbonyl (C=O) groups excluding carboxylic acids is 1. The molecule has 1 fully saturated rings. The maximum absolute atomic E-state index is 11.4. The Morgan fingerprint density at radius 2 is 1.50 bits per heavy atom. The third-order valence-electron chi connectivity index (χ3n) is 8.94. The summed E-state index contributed by atoms with van der Waals surface area (Å²) in [7, 11) is -1.03. The van der Waals surface area contributed by atoms with E-state index in [9.17, 15) is 4.79 Å². The van der Waals surface area contributed by atoms with Crippen molar-refractivity contribution < 1.29 is 32.3 Å². The van der Waals surface area contributed by atoms with E-state index in [-0.39, 0.29) is 35.5 Å². The zero-order valence-electron chi connectivity index (χ0n) is 27.6. The van der Waals surface area contributed by atoms with Crippen LogP contribution in [0.25, 0.3) is 0 Å². The lowest BCUT2D eigenvalue weighted by Gasteiger charge is -2.51. The monoisotopic (exact) mass is 622 g/mol. The molecule has 0 aliphatic carbocycles. The van der Waals surface area contributed by atoms with E-state index in [1.54, 1.807) is 13.2 Å². The number of ether oxygens (including phenoxy) is 3. The predicted octanol–water partition coefficient (Wildman–Crippen LogP) is 8.40. The lowest BCUT2D eigenvalue weighted by molar-refractivity contribution is -0.110. The zero-order chi connectivity index (χ0) is 31.9. The zero-order valence-corrected chi connectivity index (χ0v) is 28.6. The fourth-order valence-corrected chi connectivity index (χ4v) is 10.1. The average Bonchev–Trinajstić information content (AvgIpc) is 3.53. The molecule has 0 N–H and O–H groups in total. The van der Waals surface area contributed by atoms with Crippen molar-refractivity contribution in [3.63, 3.8) is 0 Å². The lowest BCUT2D eigenvalue weighted by atomic mass is 9.80. The summed E-state index contributed by atoms with van der Waals surface area (Å²) in [5, 5.41) is 0. The predicted molar refractivity (Wildman–Crippen MR) is 174 cm³/mol. The molecule has 8 heteroatoms. The van der Waals surface area contributed by atoms with Crippen molar-refractivity contribution in [2.45, 2.75) is 115 Å². The number of hydrogen-bond donors (Lipinski definition) is 0. The van der Waals surface area contributed by atoms with Gasteiger partial charge in [0, 0.05) is 11.8 Å². The van der Waals surface area contributed by atoms with E-state index in [0.29, 0.717) is 31.8 Å². The molecule has 1 saturated heterocycles. The summed E-state index contributed by atoms with van der Waals surface area (Å²) in [4.78, 5) is 11.4. The van der Waals surface area contributed by atoms with Gasteiger partial charge in [0.1, 0.15) is 11.5 Å². The summed E-state index contributed by atoms with van der Waals surface area (Å²) in [6, 6.07) is 21.8. The minimum Gasteiger partial charge on any atom is -0.497 e. The average molecular weight is 623 g/mol. The first-order chi connectivity index (χ1) is 21.0. The Hall–Kier alpha value is -2.75. The van der Waals surface area contributed by atoms with Crippen LogP contribution in [0.2, 0.25) is 11.1 Å². The number of aldehydes is 1. The maximum Gasteiger partial charge on any atom is 0.343 e. The van der Waals surface area contributed by atoms with Crippen molar-refractivity contribution in [3.8, 4) is 5.75 Å². The molecule has 7 nitrogen and oxygen atoms in total. The van der Waals surface area contributed by atoms with Gasteiger partial charge >= 0.3 is 8.56 Å². The van der Waals surface area contributed by atoms with E-state index in [0.717, 1.165) is 28.9 Å². The van der Waals surface area contributed by atoms with E-state index >= 15 is 0 Å². The van der Waals surface area contributed by atoms with Crippen LogP contribution in [0.5, 0.6) is 5.75 Å². The minimum atomic E-state index is -2.70. The van der Waals surface area contributed by atoms with Crippen LogP contribution in [0.1, 0.15) is 88.7 Å². The van der Waals surface area contributed by atoms with Crippen LogP contribution in [-0.4, -0.2) is 46.4 Å². The van der Waals surface area contributed by atoms with Crippen molar-refractivity contribution in [1.29, 1.82) is 0 Å². The summed E-state index contributed by atoms with van der Waals surface area (Å²) < 4.78 is 38.5. The fourth-order valence-electron chi connectivity index (χ4n) is 6.05. The molecule has 0 unspecified atom stereocenters. The Morgan fingerprint density at radius 1 is 0.864 bits per heavy atom. The van der Waals surface area contributed by atoms with E-state index in [2.05, 4.69) is 60.6 Å². The summed E-state index contributed by atoms with van der Waals surface area (Å²) in [5.74, 6) is 1.88. The topological polar surface area (TPSA) is 76.4 Å². The minimum absolute atomic E-state index is 0.103. The summed E-state index contributed by atoms with van der Waals surface area (Å²) in [6.45, 7) is 16.1. The van der Waals surface area contributed by atoms with E-state index in [4.69, 9.17) is 27.5 Å². The SMILES string of the molecule is COc1ccc(CO[C@@H](C[C@@H]2C[C@@H](C(C)(C)c3ccc(C=O)o3)O[Si](C(C)C)(C(C)C)O2)[C@H](C)OCc2ccccc2)cc1. The van der Waals surface area contributed by atoms with Crippen LogP contribution < -0.4 is 4.74 Å². The molecular formula is C36H50O7Si. The van der Waals surface area contributed by atoms with Gasteiger partial charge in [-0.2, -0.15) is 0 Å². The molecule has 0 bridgehead atoms. The maximum atomic E-state index is 11.4. The van der Waals surface area contributed by atoms with E-state index in [1.807, 2.05) is 48.5 Å². The summed E-state index contributed by atoms with van der Waals surface area (Å²) >= 11 is 0. The highest BCUT2D eigenvalue weighted by molar-refractivity contribution is 6.70. The molecule has 1 aliphatic rings. The van der Waals surface area contributed by atoms with Gasteiger partial charge in [-0.3, -0.25) is 4.79 Å². The van der Waals surface area contributed by atoms with Crippen molar-refractivity contribution in [3.05, 3.63) is 89.4 Å². The van der Waals surface area contributed by atoms with Gasteiger partial charge in [-0.25, -0.2) is 0 Å². The molecule has 0 saturated carbocycles. The van der Waals surface area contributed by atoms with E-state index in [1.165, 1.54) is 0 Å². The molecule has 240 valence electrons. The summed E-state index contributed by atoms with van der Waals surface area (Å²) in [5.41, 5.74) is 2.18. The van der Waals surface area contributed by atoms with Gasteiger partial charge in [-0.05, 0) is 59.8 Å². The molecule has 0 radical (unpaired) electrons. The van der Waals surface area contributed by atoms with Crippen molar-refractivity contribution in [2.24, 2.45) is 0 Å². The van der Waals surface area contributed by atoms with Gasteiger partial charge < -0.3 is 27.5 Å². The third-order valence-corrected chi connectivity index (χ3v) is 13.5. The molecule has 44 heavy (non-hydrogen) atoms. The van der Waals surface area contributed by atoms with Crippen molar-refractivity contribution >= 4 is 14.8 Å². The van der Waals surface area contributed by atoms with Crippen LogP contribution in [0, 0.1) is 0 Å². The highest BCUT2D eigenvalue weighted by atomic mass is 28.4. The van der Waals surface area contributed by atoms with Crippen LogP contribution in [0.3, 0.4) is 0 Å². The molecule has 4 atom stereocenters. The normalized spacial score (nSPS) is 20.0. The number of methoxy groups -OCH3 is 1. The largest absolute Gasteiger partial charge is 0.497 e. The summed E-state index contributed by atoms with van der Waals surface area (Å²) in [6.07, 6.45) is 1.42. The third kappa shape index (κ3) is 8.09. The smallest absolute Gasteiger partial charge is 0.343 e. The molecule has 2 aromatic carbocycles. The van der Waals surface area contributed by atoms with Gasteiger partial charge in [0.05, 0.1) is 44.7 Å². The molecule has 0 spiro atoms. The van der Waals surface area contributed by atoms with Gasteiger partial charge in [0.25, 0.3) is 0 Å². The number of carbonyl (C=O) groups is 1. The Balaban J connectivity index is 1.60. The van der Waals surface area contributed by atoms with Crippen LogP contribution in [0.15, 0.2) is 71.1 Å². The first kappa shape index (κ1) is 34.1. The standard InChI is InChI=1S/C36H50O7Si/c1-25(2)44(26(3)4)42-32(21-35(43-44)36(6,7)34-19-18-31(22-37)41-34)20-33(27(5)39-23-28-12-10-9-11-13-28)40-24-29-14-16-30(38-8)17-15-29/h9-19,22,25-27,32-33,35H,20-21,23-24H2,1-8H3/t27-,32+,33-,35-/m0/s1. The second-order valence-electron chi connectivity index (χ2n) is 13.1. The second-order valence-corrected chi connectivity index (χ2v) is 17.3. The highest BCUT2D eigenvalue weighted by Crippen LogP contribution is 2.46. The Morgan fingerprint density at radius 3 is 2.09 bits per heavy atom. The molecule has 4 rings (SSSR count). The second kappa shape index (κ2) is 15.0. The molecule has 1 aliphatic heterocycles. The number of benzene rings is 2. The number of rotatable bonds is 15. The van der Waals surface area contributed by atoms with Gasteiger partial charge in [0.2, 0.25) is 0 Å². The van der Waals surface area contributed by atoms with Crippen LogP contribution in [0.4, 0.5) is 0 Å². The van der Waals surface area contributed by atoms with Crippen molar-refractivity contribution in [1.82, 2.24) is 0 Å². The Labute approximate surface area is 264 Å². The van der Waals surface area contributed by atoms with Gasteiger partial charge in [0.15, 0.2) is 12.0 Å². The molecule has 0 amide bonds. The Bertz CT molecular complexity index is 1290. The van der Waals surface area contributed by atoms with Gasteiger partial charge in [-0.15, -0.1) is 0 Å². The molecule has 2 heterocycles. The molecular weight excluding hydrogens is 572 g/mol. The first-order valence-electron chi connectivity index (χ1n) is 15.8. The fraction of sp³-hybridized carbons (Fsp3) is 0.528. The highest BCUT2D eigenvalue weighted by Gasteiger charge is 2.55. The number of furan rings is 1. The Kier molecular flexibility index (Phi) is 11.6. The number of hydrogen-bond acceptors (Lipinski definition) is 7. The van der Waals surface area contributed by atoms with Crippen LogP contribution >= 0.6 is 0 Å². The molecule has 3 aromatic rings. The quantitative estimate of drug-likeness (QED) is 0.124. The lowest BCUT2D eigenvalue weighted by Crippen LogP contribution is -2.61. The van der Waals surface area contributed by atoms with E-state index < -0.39 is 14.0 Å². The molecule has 1 aromatic heterocycles. The van der Waals surface area contributed by atoms with Crippen LogP contribution in [-0.2, 0) is 37.0 Å². The van der Waals surface area contributed by atoms with Crippen molar-refractivity contribution in [2.75, 3.05) is 7.11 Å². The van der Waals surface area contributed by atoms with Gasteiger partial charge in [-0.1, -0.05) is 84.0 Å². The first-order valence-corrected chi connectivity index (χ1v) is 17.8.